The van der Waals surface area contributed by atoms with Crippen LogP contribution in [0.1, 0.15) is 39.1 Å². The lowest BCUT2D eigenvalue weighted by atomic mass is 10.1. The molecule has 1 aliphatic carbocycles. The highest BCUT2D eigenvalue weighted by molar-refractivity contribution is 5.94. The summed E-state index contributed by atoms with van der Waals surface area (Å²) in [5.74, 6) is 0.337. The van der Waals surface area contributed by atoms with Gasteiger partial charge in [-0.3, -0.25) is 4.79 Å². The number of benzene rings is 2. The summed E-state index contributed by atoms with van der Waals surface area (Å²) in [7, 11) is 0. The molecule has 0 bridgehead atoms. The number of hydrogen-bond donors (Lipinski definition) is 2. The van der Waals surface area contributed by atoms with E-state index in [1.54, 1.807) is 36.4 Å². The number of rotatable bonds is 7. The fourth-order valence-corrected chi connectivity index (χ4v) is 2.25. The molecule has 0 saturated heterocycles. The molecule has 1 aliphatic rings. The zero-order valence-electron chi connectivity index (χ0n) is 13.2. The topological polar surface area (TPSA) is 75.6 Å². The van der Waals surface area contributed by atoms with Crippen molar-refractivity contribution in [2.45, 2.75) is 19.4 Å². The summed E-state index contributed by atoms with van der Waals surface area (Å²) in [6.45, 7) is 1.09. The second-order valence-corrected chi connectivity index (χ2v) is 5.96. The first-order valence-electron chi connectivity index (χ1n) is 7.95. The summed E-state index contributed by atoms with van der Waals surface area (Å²) in [6.07, 6.45) is 2.49. The van der Waals surface area contributed by atoms with Crippen LogP contribution in [0.25, 0.3) is 0 Å². The first-order valence-corrected chi connectivity index (χ1v) is 7.95. The van der Waals surface area contributed by atoms with Gasteiger partial charge < -0.3 is 15.2 Å². The minimum absolute atomic E-state index is 0.175. The van der Waals surface area contributed by atoms with Gasteiger partial charge in [-0.2, -0.15) is 0 Å². The van der Waals surface area contributed by atoms with Gasteiger partial charge in [0.15, 0.2) is 0 Å². The van der Waals surface area contributed by atoms with Gasteiger partial charge in [-0.05, 0) is 60.7 Å². The van der Waals surface area contributed by atoms with Crippen LogP contribution in [0, 0.1) is 5.92 Å². The lowest BCUT2D eigenvalue weighted by Gasteiger charge is -2.08. The predicted octanol–water partition coefficient (Wildman–Crippen LogP) is 3.10. The maximum atomic E-state index is 12.1. The molecule has 5 nitrogen and oxygen atoms in total. The zero-order valence-corrected chi connectivity index (χ0v) is 13.2. The number of carbonyl (C=O) groups is 2. The van der Waals surface area contributed by atoms with Crippen molar-refractivity contribution < 1.29 is 19.4 Å². The second kappa shape index (κ2) is 7.17. The molecule has 0 atom stereocenters. The van der Waals surface area contributed by atoms with Gasteiger partial charge in [0.2, 0.25) is 0 Å². The van der Waals surface area contributed by atoms with Crippen molar-refractivity contribution in [3.63, 3.8) is 0 Å². The van der Waals surface area contributed by atoms with E-state index in [0.29, 0.717) is 18.0 Å². The van der Waals surface area contributed by atoms with Crippen molar-refractivity contribution in [2.24, 2.45) is 5.92 Å². The Hall–Kier alpha value is -2.82. The van der Waals surface area contributed by atoms with Crippen LogP contribution in [0.5, 0.6) is 5.75 Å². The highest BCUT2D eigenvalue weighted by Crippen LogP contribution is 2.29. The van der Waals surface area contributed by atoms with Crippen LogP contribution in [0.4, 0.5) is 0 Å². The molecule has 0 radical (unpaired) electrons. The molecule has 5 heteroatoms. The number of ether oxygens (including phenoxy) is 1. The maximum Gasteiger partial charge on any atom is 0.335 e. The van der Waals surface area contributed by atoms with Crippen molar-refractivity contribution in [1.82, 2.24) is 5.32 Å². The average molecular weight is 325 g/mol. The molecule has 24 heavy (non-hydrogen) atoms. The number of amides is 1. The van der Waals surface area contributed by atoms with Gasteiger partial charge in [0, 0.05) is 12.1 Å². The molecular formula is C19H19NO4. The molecule has 1 saturated carbocycles. The third kappa shape index (κ3) is 4.35. The summed E-state index contributed by atoms with van der Waals surface area (Å²) in [4.78, 5) is 22.9. The molecule has 3 rings (SSSR count). The maximum absolute atomic E-state index is 12.1. The fourth-order valence-electron chi connectivity index (χ4n) is 2.25. The van der Waals surface area contributed by atoms with Crippen LogP contribution < -0.4 is 10.1 Å². The average Bonchev–Trinajstić information content (AvgIpc) is 3.43. The molecule has 1 fully saturated rings. The van der Waals surface area contributed by atoms with Gasteiger partial charge in [-0.15, -0.1) is 0 Å². The van der Waals surface area contributed by atoms with Crippen LogP contribution in [-0.4, -0.2) is 23.6 Å². The smallest absolute Gasteiger partial charge is 0.335 e. The molecule has 0 heterocycles. The molecule has 0 spiro atoms. The largest absolute Gasteiger partial charge is 0.493 e. The van der Waals surface area contributed by atoms with E-state index < -0.39 is 5.97 Å². The molecular weight excluding hydrogens is 306 g/mol. The lowest BCUT2D eigenvalue weighted by Crippen LogP contribution is -2.22. The van der Waals surface area contributed by atoms with E-state index in [9.17, 15) is 9.59 Å². The van der Waals surface area contributed by atoms with E-state index in [1.165, 1.54) is 25.0 Å². The van der Waals surface area contributed by atoms with Crippen LogP contribution in [0.2, 0.25) is 0 Å². The number of nitrogens with one attached hydrogen (secondary N) is 1. The molecule has 2 N–H and O–H groups in total. The molecule has 2 aromatic rings. The SMILES string of the molecule is O=C(O)c1ccc(CNC(=O)c2ccc(OCC3CC3)cc2)cc1. The van der Waals surface area contributed by atoms with Gasteiger partial charge in [0.1, 0.15) is 5.75 Å². The Kier molecular flexibility index (Phi) is 4.79. The van der Waals surface area contributed by atoms with E-state index in [1.807, 2.05) is 0 Å². The summed E-state index contributed by atoms with van der Waals surface area (Å²) >= 11 is 0. The fraction of sp³-hybridized carbons (Fsp3) is 0.263. The van der Waals surface area contributed by atoms with Crippen LogP contribution in [0.15, 0.2) is 48.5 Å². The molecule has 2 aromatic carbocycles. The molecule has 1 amide bonds. The normalized spacial score (nSPS) is 13.3. The van der Waals surface area contributed by atoms with Crippen molar-refractivity contribution in [1.29, 1.82) is 0 Å². The van der Waals surface area contributed by atoms with Crippen LogP contribution in [0.3, 0.4) is 0 Å². The van der Waals surface area contributed by atoms with Crippen molar-refractivity contribution in [2.75, 3.05) is 6.61 Å². The number of carboxylic acid groups (broad SMARTS) is 1. The van der Waals surface area contributed by atoms with Crippen LogP contribution in [-0.2, 0) is 6.54 Å². The second-order valence-electron chi connectivity index (χ2n) is 5.96. The minimum Gasteiger partial charge on any atom is -0.493 e. The number of hydrogen-bond acceptors (Lipinski definition) is 3. The van der Waals surface area contributed by atoms with E-state index in [4.69, 9.17) is 9.84 Å². The summed E-state index contributed by atoms with van der Waals surface area (Å²) in [5.41, 5.74) is 1.64. The first kappa shape index (κ1) is 16.1. The number of carbonyl (C=O) groups excluding carboxylic acids is 1. The minimum atomic E-state index is -0.963. The van der Waals surface area contributed by atoms with Gasteiger partial charge >= 0.3 is 5.97 Å². The van der Waals surface area contributed by atoms with E-state index in [2.05, 4.69) is 5.32 Å². The Bertz CT molecular complexity index is 718. The Morgan fingerprint density at radius 3 is 2.21 bits per heavy atom. The lowest BCUT2D eigenvalue weighted by molar-refractivity contribution is 0.0696. The Balaban J connectivity index is 1.51. The van der Waals surface area contributed by atoms with Gasteiger partial charge in [0.25, 0.3) is 5.91 Å². The third-order valence-corrected chi connectivity index (χ3v) is 3.95. The Morgan fingerprint density at radius 1 is 1.00 bits per heavy atom. The molecule has 124 valence electrons. The monoisotopic (exact) mass is 325 g/mol. The molecule has 0 aliphatic heterocycles. The quantitative estimate of drug-likeness (QED) is 0.820. The van der Waals surface area contributed by atoms with Gasteiger partial charge in [-0.25, -0.2) is 4.79 Å². The zero-order chi connectivity index (χ0) is 16.9. The first-order chi connectivity index (χ1) is 11.6. The van der Waals surface area contributed by atoms with Gasteiger partial charge in [-0.1, -0.05) is 12.1 Å². The molecule has 0 aromatic heterocycles. The van der Waals surface area contributed by atoms with Gasteiger partial charge in [0.05, 0.1) is 12.2 Å². The van der Waals surface area contributed by atoms with Crippen molar-refractivity contribution in [3.05, 3.63) is 65.2 Å². The number of aromatic carboxylic acids is 1. The summed E-state index contributed by atoms with van der Waals surface area (Å²) in [6, 6.07) is 13.5. The van der Waals surface area contributed by atoms with E-state index >= 15 is 0 Å². The Morgan fingerprint density at radius 2 is 1.62 bits per heavy atom. The highest BCUT2D eigenvalue weighted by Gasteiger charge is 2.21. The van der Waals surface area contributed by atoms with Crippen LogP contribution >= 0.6 is 0 Å². The van der Waals surface area contributed by atoms with Crippen molar-refractivity contribution in [3.8, 4) is 5.75 Å². The van der Waals surface area contributed by atoms with Crippen molar-refractivity contribution >= 4 is 11.9 Å². The molecule has 0 unspecified atom stereocenters. The van der Waals surface area contributed by atoms with E-state index in [-0.39, 0.29) is 11.5 Å². The highest BCUT2D eigenvalue weighted by atomic mass is 16.5. The van der Waals surface area contributed by atoms with E-state index in [0.717, 1.165) is 17.9 Å². The Labute approximate surface area is 140 Å². The summed E-state index contributed by atoms with van der Waals surface area (Å²) in [5, 5.41) is 11.7. The predicted molar refractivity (Wildman–Crippen MR) is 89.2 cm³/mol. The third-order valence-electron chi connectivity index (χ3n) is 3.95. The summed E-state index contributed by atoms with van der Waals surface area (Å²) < 4.78 is 5.64. The number of carboxylic acids is 1. The standard InChI is InChI=1S/C19H19NO4/c21-18(20-11-13-3-5-16(6-4-13)19(22)23)15-7-9-17(10-8-15)24-12-14-1-2-14/h3-10,14H,1-2,11-12H2,(H,20,21)(H,22,23).